The maximum absolute atomic E-state index is 14.1. The third kappa shape index (κ3) is 5.23. The summed E-state index contributed by atoms with van der Waals surface area (Å²) in [6.07, 6.45) is 3.23. The first-order chi connectivity index (χ1) is 21.9. The van der Waals surface area contributed by atoms with Crippen molar-refractivity contribution in [2.45, 2.75) is 25.5 Å². The molecule has 8 nitrogen and oxygen atoms in total. The molecule has 1 aliphatic carbocycles. The number of hydrogen-bond acceptors (Lipinski definition) is 7. The summed E-state index contributed by atoms with van der Waals surface area (Å²) in [6, 6.07) is 25.7. The molecule has 0 bridgehead atoms. The average molecular weight is 620 g/mol. The summed E-state index contributed by atoms with van der Waals surface area (Å²) in [4.78, 5) is 30.9. The van der Waals surface area contributed by atoms with Gasteiger partial charge in [-0.3, -0.25) is 19.5 Å². The minimum atomic E-state index is -0.532. The fourth-order valence-corrected chi connectivity index (χ4v) is 6.95. The molecule has 4 aromatic carbocycles. The number of aryl methyl sites for hydroxylation is 1. The minimum absolute atomic E-state index is 0.0330. The lowest BCUT2D eigenvalue weighted by molar-refractivity contribution is -0.384. The van der Waals surface area contributed by atoms with Crippen molar-refractivity contribution in [1.29, 1.82) is 0 Å². The number of allylic oxidation sites excluding steroid dienone is 1. The second-order valence-electron chi connectivity index (χ2n) is 10.8. The Morgan fingerprint density at radius 3 is 2.67 bits per heavy atom. The molecule has 0 saturated carbocycles. The summed E-state index contributed by atoms with van der Waals surface area (Å²) in [7, 11) is 1.52. The first-order valence-corrected chi connectivity index (χ1v) is 15.1. The molecule has 2 aliphatic rings. The molecule has 10 heteroatoms. The van der Waals surface area contributed by atoms with Crippen LogP contribution in [0.1, 0.15) is 40.3 Å². The smallest absolute Gasteiger partial charge is 0.271 e. The molecular weight excluding hydrogens is 593 g/mol. The van der Waals surface area contributed by atoms with Crippen molar-refractivity contribution < 1.29 is 18.8 Å². The Morgan fingerprint density at radius 1 is 1.02 bits per heavy atom. The van der Waals surface area contributed by atoms with E-state index in [1.165, 1.54) is 36.1 Å². The molecule has 0 fully saturated rings. The van der Waals surface area contributed by atoms with Crippen molar-refractivity contribution in [3.8, 4) is 11.5 Å². The van der Waals surface area contributed by atoms with Crippen LogP contribution in [0.2, 0.25) is 0 Å². The number of thiazole rings is 1. The van der Waals surface area contributed by atoms with E-state index in [0.717, 1.165) is 23.3 Å². The summed E-state index contributed by atoms with van der Waals surface area (Å²) < 4.78 is 27.6. The molecule has 0 saturated heterocycles. The Labute approximate surface area is 260 Å². The fraction of sp³-hybridized carbons (Fsp3) is 0.143. The van der Waals surface area contributed by atoms with Gasteiger partial charge in [-0.1, -0.05) is 72.0 Å². The zero-order chi connectivity index (χ0) is 31.1. The lowest BCUT2D eigenvalue weighted by Crippen LogP contribution is -2.38. The molecule has 7 rings (SSSR count). The van der Waals surface area contributed by atoms with Crippen LogP contribution < -0.4 is 24.4 Å². The van der Waals surface area contributed by atoms with Gasteiger partial charge < -0.3 is 9.47 Å². The number of benzene rings is 4. The minimum Gasteiger partial charge on any atom is -0.493 e. The van der Waals surface area contributed by atoms with Gasteiger partial charge in [-0.15, -0.1) is 0 Å². The zero-order valence-corrected chi connectivity index (χ0v) is 24.9. The van der Waals surface area contributed by atoms with Crippen LogP contribution in [-0.2, 0) is 13.0 Å². The van der Waals surface area contributed by atoms with Crippen molar-refractivity contribution in [1.82, 2.24) is 4.57 Å². The van der Waals surface area contributed by atoms with E-state index >= 15 is 0 Å². The van der Waals surface area contributed by atoms with Gasteiger partial charge in [0.05, 0.1) is 28.3 Å². The Morgan fingerprint density at radius 2 is 1.84 bits per heavy atom. The molecule has 0 amide bonds. The summed E-state index contributed by atoms with van der Waals surface area (Å²) >= 11 is 1.27. The van der Waals surface area contributed by atoms with Gasteiger partial charge in [0.25, 0.3) is 11.2 Å². The van der Waals surface area contributed by atoms with Crippen molar-refractivity contribution in [2.24, 2.45) is 4.99 Å². The lowest BCUT2D eigenvalue weighted by Gasteiger charge is -2.30. The first-order valence-electron chi connectivity index (χ1n) is 14.3. The van der Waals surface area contributed by atoms with Crippen LogP contribution in [0.4, 0.5) is 10.1 Å². The molecule has 0 spiro atoms. The molecule has 1 atom stereocenters. The van der Waals surface area contributed by atoms with Gasteiger partial charge in [0, 0.05) is 23.3 Å². The Balaban J connectivity index is 1.32. The van der Waals surface area contributed by atoms with E-state index in [9.17, 15) is 19.3 Å². The lowest BCUT2D eigenvalue weighted by atomic mass is 9.83. The topological polar surface area (TPSA) is 96.0 Å². The number of nitro groups is 1. The predicted octanol–water partition coefficient (Wildman–Crippen LogP) is 5.95. The van der Waals surface area contributed by atoms with Crippen molar-refractivity contribution in [2.75, 3.05) is 7.11 Å². The number of fused-ring (bicyclic) bond motifs is 3. The number of ether oxygens (including phenoxy) is 2. The monoisotopic (exact) mass is 619 g/mol. The highest BCUT2D eigenvalue weighted by Crippen LogP contribution is 2.41. The van der Waals surface area contributed by atoms with Crippen molar-refractivity contribution in [3.63, 3.8) is 0 Å². The Hall–Kier alpha value is -5.35. The van der Waals surface area contributed by atoms with E-state index in [1.54, 1.807) is 59.2 Å². The number of aromatic nitrogens is 1. The van der Waals surface area contributed by atoms with Crippen LogP contribution in [-0.4, -0.2) is 16.6 Å². The van der Waals surface area contributed by atoms with Gasteiger partial charge in [0.1, 0.15) is 12.4 Å². The highest BCUT2D eigenvalue weighted by molar-refractivity contribution is 7.07. The number of hydrogen-bond donors (Lipinski definition) is 0. The van der Waals surface area contributed by atoms with Crippen LogP contribution >= 0.6 is 11.3 Å². The molecule has 0 radical (unpaired) electrons. The van der Waals surface area contributed by atoms with E-state index < -0.39 is 11.0 Å². The second-order valence-corrected chi connectivity index (χ2v) is 11.8. The number of non-ortho nitro benzene ring substituents is 1. The van der Waals surface area contributed by atoms with Gasteiger partial charge in [0.15, 0.2) is 16.3 Å². The predicted molar refractivity (Wildman–Crippen MR) is 170 cm³/mol. The average Bonchev–Trinajstić information content (AvgIpc) is 3.37. The highest BCUT2D eigenvalue weighted by atomic mass is 32.1. The number of nitro benzene ring substituents is 1. The van der Waals surface area contributed by atoms with Gasteiger partial charge >= 0.3 is 0 Å². The largest absolute Gasteiger partial charge is 0.493 e. The fourth-order valence-electron chi connectivity index (χ4n) is 5.95. The van der Waals surface area contributed by atoms with Crippen molar-refractivity contribution in [3.05, 3.63) is 160 Å². The third-order valence-corrected chi connectivity index (χ3v) is 9.08. The van der Waals surface area contributed by atoms with E-state index in [0.29, 0.717) is 43.9 Å². The molecule has 0 unspecified atom stereocenters. The maximum Gasteiger partial charge on any atom is 0.271 e. The summed E-state index contributed by atoms with van der Waals surface area (Å²) in [6.45, 7) is 0.0341. The molecule has 1 aromatic heterocycles. The van der Waals surface area contributed by atoms with Gasteiger partial charge in [0.2, 0.25) is 0 Å². The number of nitrogens with zero attached hydrogens (tertiary/aromatic N) is 3. The molecular formula is C35H26FN3O5S. The molecule has 224 valence electrons. The van der Waals surface area contributed by atoms with Crippen LogP contribution in [0.5, 0.6) is 11.5 Å². The number of rotatable bonds is 7. The van der Waals surface area contributed by atoms with Gasteiger partial charge in [-0.05, 0) is 59.4 Å². The number of methoxy groups -OCH3 is 1. The van der Waals surface area contributed by atoms with Crippen LogP contribution in [0, 0.1) is 15.9 Å². The number of halogens is 1. The van der Waals surface area contributed by atoms with Crippen LogP contribution in [0.25, 0.3) is 11.8 Å². The Kier molecular flexibility index (Phi) is 7.34. The Bertz CT molecular complexity index is 2200. The molecule has 2 heterocycles. The summed E-state index contributed by atoms with van der Waals surface area (Å²) in [5.41, 5.74) is 5.50. The zero-order valence-electron chi connectivity index (χ0n) is 24.1. The molecule has 0 N–H and O–H groups in total. The molecule has 1 aliphatic heterocycles. The first kappa shape index (κ1) is 28.4. The summed E-state index contributed by atoms with van der Waals surface area (Å²) in [5, 5.41) is 11.7. The van der Waals surface area contributed by atoms with Gasteiger partial charge in [-0.2, -0.15) is 0 Å². The van der Waals surface area contributed by atoms with Gasteiger partial charge in [-0.25, -0.2) is 9.38 Å². The standard InChI is InChI=1S/C35H26FN3O5S/c1-43-30-17-21(13-16-29(30)44-20-24-8-3-5-12-28(24)36)18-31-34(40)38-33(23-9-6-10-25(19-23)39(41)42)27-15-14-22-7-2-4-11-26(22)32(27)37-35(38)45-31/h2-13,16-19,33H,14-15,20H2,1H3/b31-18+/t33-/m1/s1. The quantitative estimate of drug-likeness (QED) is 0.166. The van der Waals surface area contributed by atoms with Crippen LogP contribution in [0.15, 0.2) is 106 Å². The third-order valence-electron chi connectivity index (χ3n) is 8.10. The van der Waals surface area contributed by atoms with E-state index in [1.807, 2.05) is 24.3 Å². The molecule has 45 heavy (non-hydrogen) atoms. The SMILES string of the molecule is COc1cc(/C=c2/sc3n(c2=O)[C@H](c2cccc([N+](=O)[O-])c2)C2=C(N=3)c3ccccc3CC2)ccc1OCc1ccccc1F. The van der Waals surface area contributed by atoms with Crippen LogP contribution in [0.3, 0.4) is 0 Å². The van der Waals surface area contributed by atoms with E-state index in [4.69, 9.17) is 14.5 Å². The second kappa shape index (κ2) is 11.6. The molecule has 5 aromatic rings. The maximum atomic E-state index is 14.1. The van der Waals surface area contributed by atoms with Crippen molar-refractivity contribution >= 4 is 28.8 Å². The normalized spacial score (nSPS) is 15.5. The summed E-state index contributed by atoms with van der Waals surface area (Å²) in [5.74, 6) is 0.530. The van der Waals surface area contributed by atoms with E-state index in [2.05, 4.69) is 6.07 Å². The van der Waals surface area contributed by atoms with E-state index in [-0.39, 0.29) is 23.7 Å². The highest BCUT2D eigenvalue weighted by Gasteiger charge is 2.33.